The summed E-state index contributed by atoms with van der Waals surface area (Å²) in [7, 11) is 0. The van der Waals surface area contributed by atoms with Crippen molar-refractivity contribution in [2.24, 2.45) is 15.7 Å². The number of aliphatic hydroxyl groups is 1. The Balaban J connectivity index is 2.62. The highest BCUT2D eigenvalue weighted by atomic mass is 19.1. The van der Waals surface area contributed by atoms with Gasteiger partial charge >= 0.3 is 6.02 Å². The first kappa shape index (κ1) is 14.8. The van der Waals surface area contributed by atoms with Crippen LogP contribution >= 0.6 is 0 Å². The highest BCUT2D eigenvalue weighted by Gasteiger charge is 1.99. The number of amidine groups is 1. The third kappa shape index (κ3) is 5.78. The Labute approximate surface area is 111 Å². The second-order valence-electron chi connectivity index (χ2n) is 3.67. The van der Waals surface area contributed by atoms with E-state index in [1.54, 1.807) is 0 Å². The van der Waals surface area contributed by atoms with E-state index >= 15 is 0 Å². The average Bonchev–Trinajstić information content (AvgIpc) is 2.43. The molecule has 1 rings (SSSR count). The summed E-state index contributed by atoms with van der Waals surface area (Å²) in [4.78, 5) is 7.22. The fourth-order valence-corrected chi connectivity index (χ4v) is 1.18. The van der Waals surface area contributed by atoms with Crippen molar-refractivity contribution in [3.05, 3.63) is 47.4 Å². The molecule has 0 fully saturated rings. The number of rotatable bonds is 4. The Bertz CT molecular complexity index is 481. The number of nitrogens with two attached hydrogens (primary N) is 1. The summed E-state index contributed by atoms with van der Waals surface area (Å²) in [5.74, 6) is -0.718. The third-order valence-corrected chi connectivity index (χ3v) is 2.15. The van der Waals surface area contributed by atoms with E-state index in [9.17, 15) is 4.39 Å². The van der Waals surface area contributed by atoms with Gasteiger partial charge in [-0.2, -0.15) is 0 Å². The molecule has 0 aliphatic rings. The molecule has 0 unspecified atom stereocenters. The normalized spacial score (nSPS) is 13.0. The molecule has 19 heavy (non-hydrogen) atoms. The highest BCUT2D eigenvalue weighted by molar-refractivity contribution is 5.89. The van der Waals surface area contributed by atoms with Gasteiger partial charge in [-0.15, -0.1) is 0 Å². The molecule has 0 saturated heterocycles. The molecule has 1 aromatic rings. The molecule has 0 bridgehead atoms. The number of aliphatic imine (C=N–C) groups is 2. The van der Waals surface area contributed by atoms with Crippen molar-refractivity contribution < 1.29 is 14.2 Å². The molecule has 0 saturated carbocycles. The topological polar surface area (TPSA) is 80.2 Å². The predicted molar refractivity (Wildman–Crippen MR) is 72.4 cm³/mol. The number of hydrogen-bond acceptors (Lipinski definition) is 4. The van der Waals surface area contributed by atoms with Crippen molar-refractivity contribution in [3.8, 4) is 0 Å². The second kappa shape index (κ2) is 7.99. The fourth-order valence-electron chi connectivity index (χ4n) is 1.18. The van der Waals surface area contributed by atoms with Gasteiger partial charge in [0.1, 0.15) is 13.3 Å². The van der Waals surface area contributed by atoms with Gasteiger partial charge in [0, 0.05) is 6.20 Å². The van der Waals surface area contributed by atoms with E-state index in [0.717, 1.165) is 23.5 Å². The summed E-state index contributed by atoms with van der Waals surface area (Å²) in [6.07, 6.45) is 1.63. The van der Waals surface area contributed by atoms with Crippen molar-refractivity contribution in [1.29, 1.82) is 0 Å². The summed E-state index contributed by atoms with van der Waals surface area (Å²) >= 11 is 0. The molecule has 0 radical (unpaired) electrons. The summed E-state index contributed by atoms with van der Waals surface area (Å²) < 4.78 is 18.0. The van der Waals surface area contributed by atoms with Crippen LogP contribution in [-0.4, -0.2) is 24.1 Å². The van der Waals surface area contributed by atoms with Gasteiger partial charge in [-0.05, 0) is 12.5 Å². The Kier molecular flexibility index (Phi) is 6.25. The Morgan fingerprint density at radius 2 is 2.11 bits per heavy atom. The predicted octanol–water partition coefficient (Wildman–Crippen LogP) is 1.66. The van der Waals surface area contributed by atoms with Crippen molar-refractivity contribution in [3.63, 3.8) is 0 Å². The monoisotopic (exact) mass is 265 g/mol. The summed E-state index contributed by atoms with van der Waals surface area (Å²) in [5.41, 5.74) is 7.01. The van der Waals surface area contributed by atoms with E-state index < -0.39 is 12.6 Å². The molecule has 3 N–H and O–H groups in total. The van der Waals surface area contributed by atoms with Gasteiger partial charge in [-0.1, -0.05) is 29.8 Å². The maximum absolute atomic E-state index is 12.8. The number of hydrogen-bond donors (Lipinski definition) is 2. The minimum Gasteiger partial charge on any atom is -0.459 e. The van der Waals surface area contributed by atoms with Gasteiger partial charge in [0.25, 0.3) is 0 Å². The average molecular weight is 265 g/mol. The first-order chi connectivity index (χ1) is 9.15. The molecule has 0 spiro atoms. The van der Waals surface area contributed by atoms with Crippen molar-refractivity contribution in [2.45, 2.75) is 13.5 Å². The minimum absolute atomic E-state index is 0.111. The molecule has 5 nitrogen and oxygen atoms in total. The number of aryl methyl sites for hydroxylation is 1. The Morgan fingerprint density at radius 1 is 1.42 bits per heavy atom. The van der Waals surface area contributed by atoms with Crippen LogP contribution in [-0.2, 0) is 11.3 Å². The van der Waals surface area contributed by atoms with Crippen molar-refractivity contribution >= 4 is 12.2 Å². The molecule has 0 aromatic heterocycles. The molecular weight excluding hydrogens is 249 g/mol. The molecular formula is C13H16FN3O2. The van der Waals surface area contributed by atoms with Crippen LogP contribution < -0.4 is 5.73 Å². The number of benzene rings is 1. The van der Waals surface area contributed by atoms with Crippen LogP contribution in [0, 0.1) is 6.92 Å². The van der Waals surface area contributed by atoms with E-state index in [1.807, 2.05) is 31.2 Å². The number of allylic oxidation sites excluding steroid dienone is 1. The van der Waals surface area contributed by atoms with Gasteiger partial charge in [0.15, 0.2) is 5.83 Å². The number of nitrogens with zero attached hydrogens (tertiary/aromatic N) is 2. The molecule has 0 aliphatic carbocycles. The van der Waals surface area contributed by atoms with Crippen LogP contribution in [0.15, 0.2) is 46.3 Å². The maximum Gasteiger partial charge on any atom is 0.314 e. The summed E-state index contributed by atoms with van der Waals surface area (Å²) in [6.45, 7) is 1.72. The van der Waals surface area contributed by atoms with E-state index in [2.05, 4.69) is 9.98 Å². The first-order valence-electron chi connectivity index (χ1n) is 5.61. The van der Waals surface area contributed by atoms with Gasteiger partial charge in [-0.3, -0.25) is 0 Å². The molecule has 0 amide bonds. The molecule has 0 heterocycles. The van der Waals surface area contributed by atoms with E-state index in [-0.39, 0.29) is 12.6 Å². The van der Waals surface area contributed by atoms with Crippen LogP contribution in [0.4, 0.5) is 4.39 Å². The quantitative estimate of drug-likeness (QED) is 0.641. The lowest BCUT2D eigenvalue weighted by molar-refractivity contribution is 0.267. The van der Waals surface area contributed by atoms with E-state index in [4.69, 9.17) is 15.6 Å². The lowest BCUT2D eigenvalue weighted by Crippen LogP contribution is -2.04. The smallest absolute Gasteiger partial charge is 0.314 e. The van der Waals surface area contributed by atoms with Crippen molar-refractivity contribution in [1.82, 2.24) is 0 Å². The highest BCUT2D eigenvalue weighted by Crippen LogP contribution is 2.05. The van der Waals surface area contributed by atoms with Gasteiger partial charge in [-0.25, -0.2) is 14.4 Å². The number of ether oxygens (including phenoxy) is 1. The molecule has 0 atom stereocenters. The molecule has 6 heteroatoms. The Morgan fingerprint density at radius 3 is 2.68 bits per heavy atom. The molecule has 102 valence electrons. The zero-order valence-electron chi connectivity index (χ0n) is 10.6. The summed E-state index contributed by atoms with van der Waals surface area (Å²) in [6, 6.07) is 7.58. The largest absolute Gasteiger partial charge is 0.459 e. The fraction of sp³-hybridized carbons (Fsp3) is 0.231. The Hall–Kier alpha value is -2.21. The second-order valence-corrected chi connectivity index (χ2v) is 3.67. The zero-order valence-corrected chi connectivity index (χ0v) is 10.6. The van der Waals surface area contributed by atoms with Gasteiger partial charge in [0.2, 0.25) is 0 Å². The third-order valence-electron chi connectivity index (χ3n) is 2.15. The van der Waals surface area contributed by atoms with E-state index in [0.29, 0.717) is 0 Å². The van der Waals surface area contributed by atoms with Crippen LogP contribution in [0.3, 0.4) is 0 Å². The van der Waals surface area contributed by atoms with Gasteiger partial charge < -0.3 is 15.6 Å². The first-order valence-corrected chi connectivity index (χ1v) is 5.61. The van der Waals surface area contributed by atoms with Crippen LogP contribution in [0.5, 0.6) is 0 Å². The van der Waals surface area contributed by atoms with Crippen molar-refractivity contribution in [2.75, 3.05) is 6.73 Å². The number of halogens is 1. The van der Waals surface area contributed by atoms with Crippen LogP contribution in [0.1, 0.15) is 11.1 Å². The lowest BCUT2D eigenvalue weighted by atomic mass is 10.2. The lowest BCUT2D eigenvalue weighted by Gasteiger charge is -2.05. The number of aliphatic hydroxyl groups excluding tert-OH is 1. The van der Waals surface area contributed by atoms with Crippen LogP contribution in [0.25, 0.3) is 0 Å². The van der Waals surface area contributed by atoms with Crippen LogP contribution in [0.2, 0.25) is 0 Å². The minimum atomic E-state index is -0.718. The zero-order chi connectivity index (χ0) is 14.1. The molecule has 1 aromatic carbocycles. The standard InChI is InChI=1S/C13H16FN3O2/c1-10-2-4-11(5-3-10)8-19-13(17-9-18)16-7-12(14)6-15/h2-7,18H,8-9,15H2,1H3/b12-6-,16-7-,17-13+. The van der Waals surface area contributed by atoms with E-state index in [1.165, 1.54) is 0 Å². The molecule has 0 aliphatic heterocycles. The van der Waals surface area contributed by atoms with Gasteiger partial charge in [0.05, 0.1) is 6.21 Å². The maximum atomic E-state index is 12.8. The summed E-state index contributed by atoms with van der Waals surface area (Å²) in [5, 5.41) is 8.72. The SMILES string of the molecule is Cc1ccc(COC(/N=C\C(F)=C\N)=N/CO)cc1.